The molecule has 0 atom stereocenters. The number of aromatic nitrogens is 4. The third-order valence-electron chi connectivity index (χ3n) is 1.98. The van der Waals surface area contributed by atoms with Gasteiger partial charge in [0.25, 0.3) is 5.95 Å². The van der Waals surface area contributed by atoms with Crippen molar-refractivity contribution in [3.63, 3.8) is 0 Å². The molecule has 2 rings (SSSR count). The Morgan fingerprint density at radius 2 is 2.18 bits per heavy atom. The summed E-state index contributed by atoms with van der Waals surface area (Å²) < 4.78 is 6.25. The van der Waals surface area contributed by atoms with Gasteiger partial charge in [-0.2, -0.15) is 9.78 Å². The quantitative estimate of drug-likeness (QED) is 0.653. The zero-order valence-electron chi connectivity index (χ0n) is 9.07. The first-order valence-corrected chi connectivity index (χ1v) is 5.40. The van der Waals surface area contributed by atoms with Gasteiger partial charge in [0.05, 0.1) is 12.8 Å². The number of carbonyl (C=O) groups excluding carboxylic acids is 1. The van der Waals surface area contributed by atoms with E-state index in [4.69, 9.17) is 4.74 Å². The van der Waals surface area contributed by atoms with Gasteiger partial charge in [-0.3, -0.25) is 0 Å². The van der Waals surface area contributed by atoms with Gasteiger partial charge in [0, 0.05) is 12.4 Å². The standard InChI is InChI=1S/C10H10N4O2S/c1-2-16-9(15)7-6-13-14(8(7)17)10-11-4-3-5-12-10/h3-6,17H,2H2,1H3. The Balaban J connectivity index is 2.37. The van der Waals surface area contributed by atoms with Gasteiger partial charge in [0.1, 0.15) is 10.6 Å². The van der Waals surface area contributed by atoms with Crippen LogP contribution in [0.3, 0.4) is 0 Å². The van der Waals surface area contributed by atoms with E-state index in [0.717, 1.165) is 0 Å². The van der Waals surface area contributed by atoms with E-state index in [0.29, 0.717) is 23.1 Å². The Morgan fingerprint density at radius 3 is 2.82 bits per heavy atom. The average Bonchev–Trinajstić information content (AvgIpc) is 2.72. The lowest BCUT2D eigenvalue weighted by Gasteiger charge is -2.02. The van der Waals surface area contributed by atoms with Crippen molar-refractivity contribution in [1.82, 2.24) is 19.7 Å². The topological polar surface area (TPSA) is 69.9 Å². The minimum absolute atomic E-state index is 0.294. The van der Waals surface area contributed by atoms with E-state index >= 15 is 0 Å². The summed E-state index contributed by atoms with van der Waals surface area (Å²) in [7, 11) is 0. The summed E-state index contributed by atoms with van der Waals surface area (Å²) in [6, 6.07) is 1.69. The number of esters is 1. The summed E-state index contributed by atoms with van der Waals surface area (Å²) in [4.78, 5) is 19.6. The smallest absolute Gasteiger partial charge is 0.342 e. The largest absolute Gasteiger partial charge is 0.462 e. The van der Waals surface area contributed by atoms with E-state index < -0.39 is 5.97 Å². The third-order valence-corrected chi connectivity index (χ3v) is 2.41. The Morgan fingerprint density at radius 1 is 1.47 bits per heavy atom. The molecule has 17 heavy (non-hydrogen) atoms. The molecule has 2 aromatic heterocycles. The van der Waals surface area contributed by atoms with Crippen molar-refractivity contribution in [3.8, 4) is 5.95 Å². The fourth-order valence-corrected chi connectivity index (χ4v) is 1.53. The van der Waals surface area contributed by atoms with Crippen molar-refractivity contribution in [1.29, 1.82) is 0 Å². The summed E-state index contributed by atoms with van der Waals surface area (Å²) >= 11 is 4.23. The molecule has 2 aromatic rings. The highest BCUT2D eigenvalue weighted by molar-refractivity contribution is 7.80. The van der Waals surface area contributed by atoms with E-state index in [9.17, 15) is 4.79 Å². The van der Waals surface area contributed by atoms with Crippen LogP contribution in [0, 0.1) is 0 Å². The number of hydrogen-bond donors (Lipinski definition) is 1. The summed E-state index contributed by atoms with van der Waals surface area (Å²) in [6.07, 6.45) is 4.55. The molecule has 0 unspecified atom stereocenters. The molecule has 0 N–H and O–H groups in total. The first-order chi connectivity index (χ1) is 8.24. The van der Waals surface area contributed by atoms with Crippen LogP contribution in [-0.4, -0.2) is 32.3 Å². The van der Waals surface area contributed by atoms with Crippen LogP contribution >= 0.6 is 12.6 Å². The molecule has 0 aliphatic heterocycles. The molecule has 0 spiro atoms. The van der Waals surface area contributed by atoms with Crippen LogP contribution in [0.5, 0.6) is 0 Å². The second kappa shape index (κ2) is 4.96. The molecule has 0 saturated heterocycles. The predicted molar refractivity (Wildman–Crippen MR) is 62.4 cm³/mol. The monoisotopic (exact) mass is 250 g/mol. The van der Waals surface area contributed by atoms with Crippen LogP contribution < -0.4 is 0 Å². The lowest BCUT2D eigenvalue weighted by Crippen LogP contribution is -2.06. The van der Waals surface area contributed by atoms with Gasteiger partial charge in [0.15, 0.2) is 0 Å². The van der Waals surface area contributed by atoms with Gasteiger partial charge in [-0.25, -0.2) is 14.8 Å². The number of carbonyl (C=O) groups is 1. The van der Waals surface area contributed by atoms with Crippen molar-refractivity contribution in [2.75, 3.05) is 6.61 Å². The molecule has 88 valence electrons. The van der Waals surface area contributed by atoms with E-state index in [-0.39, 0.29) is 0 Å². The van der Waals surface area contributed by atoms with Crippen LogP contribution in [-0.2, 0) is 4.74 Å². The van der Waals surface area contributed by atoms with Crippen molar-refractivity contribution >= 4 is 18.6 Å². The molecule has 2 heterocycles. The lowest BCUT2D eigenvalue weighted by atomic mass is 10.4. The van der Waals surface area contributed by atoms with Gasteiger partial charge >= 0.3 is 5.97 Å². The van der Waals surface area contributed by atoms with Gasteiger partial charge in [-0.1, -0.05) is 0 Å². The zero-order valence-corrected chi connectivity index (χ0v) is 9.96. The SMILES string of the molecule is CCOC(=O)c1cnn(-c2ncccn2)c1S. The Labute approximate surface area is 103 Å². The maximum absolute atomic E-state index is 11.5. The third kappa shape index (κ3) is 2.28. The zero-order chi connectivity index (χ0) is 12.3. The van der Waals surface area contributed by atoms with Crippen molar-refractivity contribution in [2.45, 2.75) is 11.9 Å². The van der Waals surface area contributed by atoms with E-state index in [2.05, 4.69) is 27.7 Å². The number of hydrogen-bond acceptors (Lipinski definition) is 6. The molecule has 0 saturated carbocycles. The van der Waals surface area contributed by atoms with Crippen molar-refractivity contribution in [2.24, 2.45) is 0 Å². The summed E-state index contributed by atoms with van der Waals surface area (Å²) in [5, 5.41) is 4.36. The van der Waals surface area contributed by atoms with Crippen molar-refractivity contribution < 1.29 is 9.53 Å². The molecule has 0 aromatic carbocycles. The predicted octanol–water partition coefficient (Wildman–Crippen LogP) is 1.13. The number of ether oxygens (including phenoxy) is 1. The second-order valence-corrected chi connectivity index (χ2v) is 3.49. The average molecular weight is 250 g/mol. The molecule has 0 aliphatic carbocycles. The molecular weight excluding hydrogens is 240 g/mol. The molecular formula is C10H10N4O2S. The Hall–Kier alpha value is -1.89. The molecule has 0 fully saturated rings. The fraction of sp³-hybridized carbons (Fsp3) is 0.200. The number of rotatable bonds is 3. The molecule has 0 radical (unpaired) electrons. The minimum Gasteiger partial charge on any atom is -0.462 e. The highest BCUT2D eigenvalue weighted by Crippen LogP contribution is 2.16. The van der Waals surface area contributed by atoms with Crippen LogP contribution in [0.1, 0.15) is 17.3 Å². The molecule has 0 amide bonds. The minimum atomic E-state index is -0.459. The first-order valence-electron chi connectivity index (χ1n) is 4.95. The normalized spacial score (nSPS) is 10.2. The van der Waals surface area contributed by atoms with E-state index in [1.165, 1.54) is 10.9 Å². The van der Waals surface area contributed by atoms with Gasteiger partial charge < -0.3 is 4.74 Å². The van der Waals surface area contributed by atoms with Crippen molar-refractivity contribution in [3.05, 3.63) is 30.2 Å². The first kappa shape index (κ1) is 11.6. The number of thiol groups is 1. The molecule has 7 heteroatoms. The summed E-state index contributed by atoms with van der Waals surface area (Å²) in [5.74, 6) is -0.104. The summed E-state index contributed by atoms with van der Waals surface area (Å²) in [5.41, 5.74) is 0.294. The van der Waals surface area contributed by atoms with Gasteiger partial charge in [-0.05, 0) is 13.0 Å². The van der Waals surface area contributed by atoms with E-state index in [1.54, 1.807) is 25.4 Å². The second-order valence-electron chi connectivity index (χ2n) is 3.06. The maximum atomic E-state index is 11.5. The highest BCUT2D eigenvalue weighted by atomic mass is 32.1. The van der Waals surface area contributed by atoms with Crippen LogP contribution in [0.4, 0.5) is 0 Å². The molecule has 0 bridgehead atoms. The fourth-order valence-electron chi connectivity index (χ4n) is 1.24. The Kier molecular flexibility index (Phi) is 3.38. The molecule has 0 aliphatic rings. The van der Waals surface area contributed by atoms with Crippen LogP contribution in [0.25, 0.3) is 5.95 Å². The Bertz CT molecular complexity index is 526. The number of nitrogens with zero attached hydrogens (tertiary/aromatic N) is 4. The van der Waals surface area contributed by atoms with E-state index in [1.807, 2.05) is 0 Å². The molecule has 6 nitrogen and oxygen atoms in total. The van der Waals surface area contributed by atoms with Gasteiger partial charge in [0.2, 0.25) is 0 Å². The van der Waals surface area contributed by atoms with Crippen LogP contribution in [0.15, 0.2) is 29.7 Å². The summed E-state index contributed by atoms with van der Waals surface area (Å²) in [6.45, 7) is 2.04. The highest BCUT2D eigenvalue weighted by Gasteiger charge is 2.17. The lowest BCUT2D eigenvalue weighted by molar-refractivity contribution is 0.0522. The van der Waals surface area contributed by atoms with Gasteiger partial charge in [-0.15, -0.1) is 12.6 Å². The van der Waals surface area contributed by atoms with Crippen LogP contribution in [0.2, 0.25) is 0 Å². The maximum Gasteiger partial charge on any atom is 0.342 e.